The van der Waals surface area contributed by atoms with Gasteiger partial charge in [-0.15, -0.1) is 0 Å². The van der Waals surface area contributed by atoms with E-state index in [0.717, 1.165) is 4.90 Å². The van der Waals surface area contributed by atoms with Crippen molar-refractivity contribution in [2.45, 2.75) is 13.5 Å². The molecule has 1 aliphatic rings. The van der Waals surface area contributed by atoms with Crippen molar-refractivity contribution in [1.82, 2.24) is 9.88 Å². The van der Waals surface area contributed by atoms with Crippen LogP contribution in [0.3, 0.4) is 0 Å². The summed E-state index contributed by atoms with van der Waals surface area (Å²) in [6.07, 6.45) is 3.19. The molecule has 2 aromatic rings. The van der Waals surface area contributed by atoms with Crippen LogP contribution >= 0.6 is 0 Å². The fourth-order valence-corrected chi connectivity index (χ4v) is 2.53. The van der Waals surface area contributed by atoms with Gasteiger partial charge in [-0.2, -0.15) is 0 Å². The second-order valence-corrected chi connectivity index (χ2v) is 5.24. The molecular weight excluding hydrogens is 308 g/mol. The molecule has 3 rings (SSSR count). The second-order valence-electron chi connectivity index (χ2n) is 5.24. The van der Waals surface area contributed by atoms with Gasteiger partial charge >= 0.3 is 0 Å². The van der Waals surface area contributed by atoms with Gasteiger partial charge in [0, 0.05) is 12.4 Å². The topological polar surface area (TPSA) is 79.7 Å². The molecule has 1 N–H and O–H groups in total. The summed E-state index contributed by atoms with van der Waals surface area (Å²) in [5, 5.41) is 10.1. The maximum absolute atomic E-state index is 12.6. The normalized spacial score (nSPS) is 14.5. The summed E-state index contributed by atoms with van der Waals surface area (Å²) in [5.41, 5.74) is 1.19. The number of hydrogen-bond acceptors (Lipinski definition) is 5. The van der Waals surface area contributed by atoms with Gasteiger partial charge in [0.2, 0.25) is 0 Å². The van der Waals surface area contributed by atoms with E-state index in [9.17, 15) is 14.7 Å². The lowest BCUT2D eigenvalue weighted by Gasteiger charge is -2.14. The van der Waals surface area contributed by atoms with Crippen molar-refractivity contribution >= 4 is 17.4 Å². The van der Waals surface area contributed by atoms with E-state index in [1.54, 1.807) is 48.8 Å². The van der Waals surface area contributed by atoms with E-state index in [2.05, 4.69) is 4.98 Å². The predicted molar refractivity (Wildman–Crippen MR) is 87.0 cm³/mol. The Morgan fingerprint density at radius 3 is 2.50 bits per heavy atom. The Morgan fingerprint density at radius 2 is 1.88 bits per heavy atom. The van der Waals surface area contributed by atoms with Crippen molar-refractivity contribution in [3.63, 3.8) is 0 Å². The highest BCUT2D eigenvalue weighted by atomic mass is 16.5. The molecule has 0 spiro atoms. The van der Waals surface area contributed by atoms with E-state index in [4.69, 9.17) is 4.74 Å². The Morgan fingerprint density at radius 1 is 1.12 bits per heavy atom. The Balaban J connectivity index is 1.86. The molecule has 6 nitrogen and oxygen atoms in total. The van der Waals surface area contributed by atoms with Crippen LogP contribution in [0.25, 0.3) is 5.57 Å². The number of pyridine rings is 1. The minimum Gasteiger partial charge on any atom is -0.502 e. The number of amides is 2. The van der Waals surface area contributed by atoms with Crippen LogP contribution in [0, 0.1) is 0 Å². The van der Waals surface area contributed by atoms with Crippen LogP contribution in [-0.2, 0) is 16.1 Å². The molecule has 122 valence electrons. The number of imide groups is 1. The van der Waals surface area contributed by atoms with Crippen LogP contribution in [-0.4, -0.2) is 33.4 Å². The van der Waals surface area contributed by atoms with Gasteiger partial charge in [-0.05, 0) is 36.2 Å². The fourth-order valence-electron chi connectivity index (χ4n) is 2.53. The molecule has 0 saturated carbocycles. The number of aromatic nitrogens is 1. The number of hydrogen-bond donors (Lipinski definition) is 1. The number of aliphatic hydroxyl groups is 1. The third kappa shape index (κ3) is 2.86. The Bertz CT molecular complexity index is 798. The molecule has 6 heteroatoms. The standard InChI is InChI=1S/C18H16N2O4/c1-2-24-14-7-5-13(6-8-14)15-16(21)18(23)20(17(15)22)11-12-4-3-9-19-10-12/h3-10,21H,2,11H2,1H3. The highest BCUT2D eigenvalue weighted by Gasteiger charge is 2.39. The number of aliphatic hydroxyl groups excluding tert-OH is 1. The molecule has 1 aliphatic heterocycles. The van der Waals surface area contributed by atoms with Crippen LogP contribution in [0.15, 0.2) is 54.6 Å². The minimum atomic E-state index is -0.701. The first-order valence-corrected chi connectivity index (χ1v) is 7.53. The number of rotatable bonds is 5. The van der Waals surface area contributed by atoms with Crippen molar-refractivity contribution in [2.24, 2.45) is 0 Å². The van der Waals surface area contributed by atoms with Crippen molar-refractivity contribution in [3.8, 4) is 5.75 Å². The summed E-state index contributed by atoms with van der Waals surface area (Å²) < 4.78 is 5.35. The molecule has 2 heterocycles. The zero-order chi connectivity index (χ0) is 17.1. The second kappa shape index (κ2) is 6.54. The summed E-state index contributed by atoms with van der Waals surface area (Å²) >= 11 is 0. The van der Waals surface area contributed by atoms with Gasteiger partial charge in [0.05, 0.1) is 18.7 Å². The lowest BCUT2D eigenvalue weighted by Crippen LogP contribution is -2.31. The summed E-state index contributed by atoms with van der Waals surface area (Å²) in [6.45, 7) is 2.47. The Hall–Kier alpha value is -3.15. The van der Waals surface area contributed by atoms with Gasteiger partial charge in [-0.25, -0.2) is 0 Å². The molecule has 0 saturated heterocycles. The van der Waals surface area contributed by atoms with E-state index in [-0.39, 0.29) is 12.1 Å². The van der Waals surface area contributed by atoms with Crippen LogP contribution in [0.1, 0.15) is 18.1 Å². The smallest absolute Gasteiger partial charge is 0.296 e. The number of ether oxygens (including phenoxy) is 1. The zero-order valence-corrected chi connectivity index (χ0v) is 13.1. The third-order valence-electron chi connectivity index (χ3n) is 3.66. The lowest BCUT2D eigenvalue weighted by molar-refractivity contribution is -0.138. The van der Waals surface area contributed by atoms with Crippen LogP contribution in [0.5, 0.6) is 5.75 Å². The average Bonchev–Trinajstić information content (AvgIpc) is 2.81. The van der Waals surface area contributed by atoms with Crippen LogP contribution in [0.2, 0.25) is 0 Å². The molecule has 0 atom stereocenters. The van der Waals surface area contributed by atoms with E-state index >= 15 is 0 Å². The molecule has 1 aromatic carbocycles. The van der Waals surface area contributed by atoms with Crippen LogP contribution < -0.4 is 4.74 Å². The molecular formula is C18H16N2O4. The molecule has 2 amide bonds. The predicted octanol–water partition coefficient (Wildman–Crippen LogP) is 2.32. The van der Waals surface area contributed by atoms with Crippen molar-refractivity contribution in [3.05, 3.63) is 65.7 Å². The first-order chi connectivity index (χ1) is 11.6. The van der Waals surface area contributed by atoms with Gasteiger partial charge in [-0.3, -0.25) is 19.5 Å². The highest BCUT2D eigenvalue weighted by Crippen LogP contribution is 2.30. The number of nitrogens with zero attached hydrogens (tertiary/aromatic N) is 2. The van der Waals surface area contributed by atoms with Gasteiger partial charge in [0.1, 0.15) is 5.75 Å². The monoisotopic (exact) mass is 324 g/mol. The average molecular weight is 324 g/mol. The SMILES string of the molecule is CCOc1ccc(C2=C(O)C(=O)N(Cc3cccnc3)C2=O)cc1. The minimum absolute atomic E-state index is 0.00642. The van der Waals surface area contributed by atoms with E-state index in [1.807, 2.05) is 6.92 Å². The molecule has 0 radical (unpaired) electrons. The molecule has 0 unspecified atom stereocenters. The maximum Gasteiger partial charge on any atom is 0.296 e. The van der Waals surface area contributed by atoms with Crippen molar-refractivity contribution in [2.75, 3.05) is 6.61 Å². The Labute approximate surface area is 139 Å². The lowest BCUT2D eigenvalue weighted by atomic mass is 10.1. The first kappa shape index (κ1) is 15.7. The van der Waals surface area contributed by atoms with E-state index in [1.165, 1.54) is 0 Å². The summed E-state index contributed by atoms with van der Waals surface area (Å²) in [6, 6.07) is 10.2. The molecule has 0 fully saturated rings. The van der Waals surface area contributed by atoms with Crippen LogP contribution in [0.4, 0.5) is 0 Å². The largest absolute Gasteiger partial charge is 0.502 e. The van der Waals surface area contributed by atoms with E-state index in [0.29, 0.717) is 23.5 Å². The maximum atomic E-state index is 12.6. The highest BCUT2D eigenvalue weighted by molar-refractivity contribution is 6.34. The molecule has 0 aliphatic carbocycles. The van der Waals surface area contributed by atoms with Crippen molar-refractivity contribution < 1.29 is 19.4 Å². The quantitative estimate of drug-likeness (QED) is 0.854. The number of carbonyl (C=O) groups is 2. The van der Waals surface area contributed by atoms with Gasteiger partial charge in [-0.1, -0.05) is 18.2 Å². The fraction of sp³-hybridized carbons (Fsp3) is 0.167. The van der Waals surface area contributed by atoms with Crippen molar-refractivity contribution in [1.29, 1.82) is 0 Å². The molecule has 1 aromatic heterocycles. The summed E-state index contributed by atoms with van der Waals surface area (Å²) in [5.74, 6) is -1.10. The molecule has 24 heavy (non-hydrogen) atoms. The van der Waals surface area contributed by atoms with Gasteiger partial charge in [0.15, 0.2) is 5.76 Å². The van der Waals surface area contributed by atoms with E-state index < -0.39 is 17.6 Å². The number of carbonyl (C=O) groups excluding carboxylic acids is 2. The zero-order valence-electron chi connectivity index (χ0n) is 13.1. The summed E-state index contributed by atoms with van der Waals surface area (Å²) in [4.78, 5) is 29.8. The number of benzene rings is 1. The Kier molecular flexibility index (Phi) is 4.29. The summed E-state index contributed by atoms with van der Waals surface area (Å²) in [7, 11) is 0. The molecule has 0 bridgehead atoms. The third-order valence-corrected chi connectivity index (χ3v) is 3.66. The van der Waals surface area contributed by atoms with Gasteiger partial charge < -0.3 is 9.84 Å². The van der Waals surface area contributed by atoms with Gasteiger partial charge in [0.25, 0.3) is 11.8 Å². The first-order valence-electron chi connectivity index (χ1n) is 7.53.